The Bertz CT molecular complexity index is 603. The molecule has 1 fully saturated rings. The lowest BCUT2D eigenvalue weighted by atomic mass is 10.1. The zero-order valence-electron chi connectivity index (χ0n) is 12.3. The van der Waals surface area contributed by atoms with Gasteiger partial charge in [-0.1, -0.05) is 18.2 Å². The van der Waals surface area contributed by atoms with Crippen molar-refractivity contribution in [2.45, 2.75) is 38.1 Å². The van der Waals surface area contributed by atoms with Crippen molar-refractivity contribution in [2.24, 2.45) is 5.92 Å². The average molecular weight is 331 g/mol. The maximum Gasteiger partial charge on any atom is 0.573 e. The van der Waals surface area contributed by atoms with E-state index in [1.165, 1.54) is 18.2 Å². The van der Waals surface area contributed by atoms with Crippen molar-refractivity contribution >= 4 is 11.9 Å². The molecule has 0 radical (unpaired) electrons. The molecule has 0 saturated heterocycles. The van der Waals surface area contributed by atoms with Crippen LogP contribution in [0.3, 0.4) is 0 Å². The van der Waals surface area contributed by atoms with E-state index >= 15 is 0 Å². The monoisotopic (exact) mass is 331 g/mol. The van der Waals surface area contributed by atoms with Gasteiger partial charge in [-0.15, -0.1) is 13.2 Å². The summed E-state index contributed by atoms with van der Waals surface area (Å²) in [5.74, 6) is -2.52. The second-order valence-electron chi connectivity index (χ2n) is 5.54. The predicted molar refractivity (Wildman–Crippen MR) is 73.8 cm³/mol. The topological polar surface area (TPSA) is 75.6 Å². The normalized spacial score (nSPS) is 21.4. The van der Waals surface area contributed by atoms with Gasteiger partial charge in [-0.2, -0.15) is 0 Å². The van der Waals surface area contributed by atoms with Crippen LogP contribution in [0.15, 0.2) is 24.3 Å². The summed E-state index contributed by atoms with van der Waals surface area (Å²) in [6.45, 7) is 1.56. The van der Waals surface area contributed by atoms with Crippen LogP contribution in [0.1, 0.15) is 31.2 Å². The molecule has 0 aromatic heterocycles. The van der Waals surface area contributed by atoms with Gasteiger partial charge in [-0.05, 0) is 30.9 Å². The van der Waals surface area contributed by atoms with Crippen molar-refractivity contribution in [1.29, 1.82) is 0 Å². The quantitative estimate of drug-likeness (QED) is 0.840. The number of carbonyl (C=O) groups excluding carboxylic acids is 1. The summed E-state index contributed by atoms with van der Waals surface area (Å²) >= 11 is 0. The van der Waals surface area contributed by atoms with E-state index in [0.29, 0.717) is 12.0 Å². The van der Waals surface area contributed by atoms with Crippen LogP contribution < -0.4 is 10.1 Å². The Morgan fingerprint density at radius 3 is 2.65 bits per heavy atom. The number of carboxylic acid groups (broad SMARTS) is 1. The van der Waals surface area contributed by atoms with Crippen molar-refractivity contribution < 1.29 is 32.6 Å². The smallest absolute Gasteiger partial charge is 0.481 e. The molecule has 1 aliphatic carbocycles. The number of nitrogens with one attached hydrogen (secondary N) is 1. The minimum Gasteiger partial charge on any atom is -0.481 e. The third kappa shape index (κ3) is 4.87. The van der Waals surface area contributed by atoms with E-state index in [1.807, 2.05) is 0 Å². The van der Waals surface area contributed by atoms with Gasteiger partial charge in [0.15, 0.2) is 0 Å². The van der Waals surface area contributed by atoms with Crippen LogP contribution in [-0.2, 0) is 9.59 Å². The summed E-state index contributed by atoms with van der Waals surface area (Å²) < 4.78 is 41.2. The van der Waals surface area contributed by atoms with Gasteiger partial charge in [0.05, 0.1) is 6.42 Å². The van der Waals surface area contributed by atoms with Crippen LogP contribution >= 0.6 is 0 Å². The molecule has 0 spiro atoms. The highest BCUT2D eigenvalue weighted by Gasteiger charge is 2.46. The number of benzene rings is 1. The van der Waals surface area contributed by atoms with Gasteiger partial charge in [0.1, 0.15) is 5.75 Å². The SMILES string of the molecule is CC(CC(=O)O)NC(=O)C1CC1c1ccccc1OC(F)(F)F. The first-order chi connectivity index (χ1) is 10.7. The van der Waals surface area contributed by atoms with Crippen molar-refractivity contribution in [3.05, 3.63) is 29.8 Å². The van der Waals surface area contributed by atoms with E-state index in [1.54, 1.807) is 13.0 Å². The largest absolute Gasteiger partial charge is 0.573 e. The maximum absolute atomic E-state index is 12.4. The number of carboxylic acids is 1. The van der Waals surface area contributed by atoms with Gasteiger partial charge in [0, 0.05) is 12.0 Å². The number of ether oxygens (including phenoxy) is 1. The van der Waals surface area contributed by atoms with E-state index in [0.717, 1.165) is 0 Å². The Kier molecular flexibility index (Phi) is 4.82. The van der Waals surface area contributed by atoms with Crippen LogP contribution in [0.2, 0.25) is 0 Å². The molecule has 3 atom stereocenters. The van der Waals surface area contributed by atoms with Crippen molar-refractivity contribution in [3.63, 3.8) is 0 Å². The third-order valence-electron chi connectivity index (χ3n) is 3.54. The standard InChI is InChI=1S/C15H16F3NO4/c1-8(6-13(20)21)19-14(22)11-7-10(11)9-4-2-3-5-12(9)23-15(16,17)18/h2-5,8,10-11H,6-7H2,1H3,(H,19,22)(H,20,21). The molecule has 1 aliphatic rings. The highest BCUT2D eigenvalue weighted by Crippen LogP contribution is 2.51. The first-order valence-electron chi connectivity index (χ1n) is 7.04. The summed E-state index contributed by atoms with van der Waals surface area (Å²) in [6.07, 6.45) is -4.60. The number of amides is 1. The molecule has 126 valence electrons. The number of alkyl halides is 3. The number of hydrogen-bond donors (Lipinski definition) is 2. The van der Waals surface area contributed by atoms with Crippen molar-refractivity contribution in [3.8, 4) is 5.75 Å². The minimum atomic E-state index is -4.79. The van der Waals surface area contributed by atoms with E-state index in [4.69, 9.17) is 5.11 Å². The van der Waals surface area contributed by atoms with Crippen molar-refractivity contribution in [1.82, 2.24) is 5.32 Å². The molecule has 1 aromatic carbocycles. The van der Waals surface area contributed by atoms with Gasteiger partial charge in [0.25, 0.3) is 0 Å². The number of para-hydroxylation sites is 1. The second kappa shape index (κ2) is 6.47. The fourth-order valence-corrected chi connectivity index (χ4v) is 2.50. The molecule has 0 aliphatic heterocycles. The Balaban J connectivity index is 2.01. The van der Waals surface area contributed by atoms with E-state index < -0.39 is 24.3 Å². The molecule has 1 aromatic rings. The molecule has 23 heavy (non-hydrogen) atoms. The lowest BCUT2D eigenvalue weighted by Crippen LogP contribution is -2.35. The molecule has 1 saturated carbocycles. The average Bonchev–Trinajstić information content (AvgIpc) is 3.16. The number of aliphatic carboxylic acids is 1. The number of carbonyl (C=O) groups is 2. The molecule has 0 bridgehead atoms. The summed E-state index contributed by atoms with van der Waals surface area (Å²) in [5, 5.41) is 11.2. The summed E-state index contributed by atoms with van der Waals surface area (Å²) in [7, 11) is 0. The first-order valence-corrected chi connectivity index (χ1v) is 7.04. The molecular formula is C15H16F3NO4. The van der Waals surface area contributed by atoms with Crippen LogP contribution in [-0.4, -0.2) is 29.4 Å². The maximum atomic E-state index is 12.4. The number of hydrogen-bond acceptors (Lipinski definition) is 3. The lowest BCUT2D eigenvalue weighted by Gasteiger charge is -2.14. The van der Waals surface area contributed by atoms with Gasteiger partial charge >= 0.3 is 12.3 Å². The molecule has 1 amide bonds. The Labute approximate surface area is 130 Å². The number of halogens is 3. The van der Waals surface area contributed by atoms with Crippen LogP contribution in [0.4, 0.5) is 13.2 Å². The predicted octanol–water partition coefficient (Wildman–Crippen LogP) is 2.67. The van der Waals surface area contributed by atoms with Gasteiger partial charge in [-0.25, -0.2) is 0 Å². The fourth-order valence-electron chi connectivity index (χ4n) is 2.50. The van der Waals surface area contributed by atoms with Crippen molar-refractivity contribution in [2.75, 3.05) is 0 Å². The summed E-state index contributed by atoms with van der Waals surface area (Å²) in [5.41, 5.74) is 0.330. The molecule has 2 N–H and O–H groups in total. The highest BCUT2D eigenvalue weighted by atomic mass is 19.4. The fraction of sp³-hybridized carbons (Fsp3) is 0.467. The zero-order chi connectivity index (χ0) is 17.2. The highest BCUT2D eigenvalue weighted by molar-refractivity contribution is 5.83. The Morgan fingerprint density at radius 2 is 2.04 bits per heavy atom. The molecular weight excluding hydrogens is 315 g/mol. The molecule has 2 rings (SSSR count). The zero-order valence-corrected chi connectivity index (χ0v) is 12.3. The molecule has 3 unspecified atom stereocenters. The van der Waals surface area contributed by atoms with Crippen LogP contribution in [0.25, 0.3) is 0 Å². The summed E-state index contributed by atoms with van der Waals surface area (Å²) in [6, 6.07) is 5.18. The van der Waals surface area contributed by atoms with E-state index in [9.17, 15) is 22.8 Å². The molecule has 5 nitrogen and oxygen atoms in total. The second-order valence-corrected chi connectivity index (χ2v) is 5.54. The number of rotatable bonds is 6. The van der Waals surface area contributed by atoms with Gasteiger partial charge in [-0.3, -0.25) is 9.59 Å². The minimum absolute atomic E-state index is 0.211. The van der Waals surface area contributed by atoms with Gasteiger partial charge < -0.3 is 15.2 Å². The molecule has 8 heteroatoms. The Hall–Kier alpha value is -2.25. The lowest BCUT2D eigenvalue weighted by molar-refractivity contribution is -0.274. The van der Waals surface area contributed by atoms with E-state index in [-0.39, 0.29) is 24.0 Å². The summed E-state index contributed by atoms with van der Waals surface area (Å²) in [4.78, 5) is 22.6. The van der Waals surface area contributed by atoms with E-state index in [2.05, 4.69) is 10.1 Å². The Morgan fingerprint density at radius 1 is 1.39 bits per heavy atom. The van der Waals surface area contributed by atoms with Crippen LogP contribution in [0.5, 0.6) is 5.75 Å². The van der Waals surface area contributed by atoms with Gasteiger partial charge in [0.2, 0.25) is 5.91 Å². The van der Waals surface area contributed by atoms with Crippen LogP contribution in [0, 0.1) is 5.92 Å². The third-order valence-corrected chi connectivity index (χ3v) is 3.54. The molecule has 0 heterocycles. The first kappa shape index (κ1) is 17.1.